The zero-order chi connectivity index (χ0) is 36.8. The maximum atomic E-state index is 13.8. The minimum Gasteiger partial charge on any atom is -0.453 e. The summed E-state index contributed by atoms with van der Waals surface area (Å²) in [5.41, 5.74) is 4.81. The van der Waals surface area contributed by atoms with Crippen molar-refractivity contribution in [2.45, 2.75) is 90.4 Å². The molecule has 3 amide bonds. The topological polar surface area (TPSA) is 146 Å². The number of aromatic nitrogens is 4. The second-order valence-corrected chi connectivity index (χ2v) is 15.7. The molecule has 3 aliphatic rings. The lowest BCUT2D eigenvalue weighted by atomic mass is 10.0. The molecule has 2 aromatic heterocycles. The SMILES string of the molecule is COC(=O)N[C@H](C(=O)N1CC2(CC2)C[C@H]1c1nc2ccc(C#Cc3ccc(-c4cnc([C@@H]5CCCN5C(=O)OC(C)(C)C)[nH]4)cc3)cc2[nH]1)C(C)C. The van der Waals surface area contributed by atoms with E-state index >= 15 is 0 Å². The number of rotatable bonds is 6. The quantitative estimate of drug-likeness (QED) is 0.186. The third-order valence-electron chi connectivity index (χ3n) is 10.3. The van der Waals surface area contributed by atoms with Gasteiger partial charge in [0.15, 0.2) is 0 Å². The molecular formula is C40H47N7O5. The fraction of sp³-hybridized carbons (Fsp3) is 0.475. The zero-order valence-electron chi connectivity index (χ0n) is 30.7. The van der Waals surface area contributed by atoms with Gasteiger partial charge in [0.1, 0.15) is 23.3 Å². The predicted octanol–water partition coefficient (Wildman–Crippen LogP) is 6.86. The molecule has 4 heterocycles. The van der Waals surface area contributed by atoms with Gasteiger partial charge >= 0.3 is 12.2 Å². The highest BCUT2D eigenvalue weighted by Crippen LogP contribution is 2.58. The van der Waals surface area contributed by atoms with Crippen molar-refractivity contribution in [2.24, 2.45) is 11.3 Å². The normalized spacial score (nSPS) is 19.8. The third kappa shape index (κ3) is 7.36. The molecule has 3 fully saturated rings. The van der Waals surface area contributed by atoms with Crippen LogP contribution in [0.4, 0.5) is 9.59 Å². The van der Waals surface area contributed by atoms with Crippen molar-refractivity contribution >= 4 is 29.1 Å². The van der Waals surface area contributed by atoms with Crippen molar-refractivity contribution in [3.05, 3.63) is 71.4 Å². The minimum absolute atomic E-state index is 0.102. The van der Waals surface area contributed by atoms with E-state index in [1.807, 2.05) is 88.2 Å². The van der Waals surface area contributed by atoms with Crippen LogP contribution in [-0.4, -0.2) is 79.7 Å². The van der Waals surface area contributed by atoms with E-state index in [9.17, 15) is 14.4 Å². The molecule has 12 nitrogen and oxygen atoms in total. The number of hydrogen-bond donors (Lipinski definition) is 3. The highest BCUT2D eigenvalue weighted by atomic mass is 16.6. The summed E-state index contributed by atoms with van der Waals surface area (Å²) in [4.78, 5) is 58.8. The maximum absolute atomic E-state index is 13.8. The Bertz CT molecular complexity index is 2040. The lowest BCUT2D eigenvalue weighted by Gasteiger charge is -2.30. The van der Waals surface area contributed by atoms with Crippen LogP contribution in [0.2, 0.25) is 0 Å². The van der Waals surface area contributed by atoms with Gasteiger partial charge in [0.05, 0.1) is 42.1 Å². The molecular weight excluding hydrogens is 658 g/mol. The summed E-state index contributed by atoms with van der Waals surface area (Å²) < 4.78 is 10.4. The van der Waals surface area contributed by atoms with Gasteiger partial charge in [-0.2, -0.15) is 0 Å². The summed E-state index contributed by atoms with van der Waals surface area (Å²) in [5.74, 6) is 7.85. The molecule has 1 spiro atoms. The Morgan fingerprint density at radius 1 is 0.981 bits per heavy atom. The fourth-order valence-electron chi connectivity index (χ4n) is 7.33. The number of carbonyl (C=O) groups is 3. The Balaban J connectivity index is 1.04. The largest absolute Gasteiger partial charge is 0.453 e. The first-order valence-electron chi connectivity index (χ1n) is 18.1. The van der Waals surface area contributed by atoms with Gasteiger partial charge < -0.3 is 29.7 Å². The van der Waals surface area contributed by atoms with Crippen molar-refractivity contribution in [1.82, 2.24) is 35.1 Å². The third-order valence-corrected chi connectivity index (χ3v) is 10.3. The second kappa shape index (κ2) is 13.7. The van der Waals surface area contributed by atoms with Crippen molar-refractivity contribution in [3.63, 3.8) is 0 Å². The number of nitrogens with zero attached hydrogens (tertiary/aromatic N) is 4. The van der Waals surface area contributed by atoms with Crippen LogP contribution in [0, 0.1) is 23.2 Å². The summed E-state index contributed by atoms with van der Waals surface area (Å²) >= 11 is 0. The van der Waals surface area contributed by atoms with Crippen LogP contribution in [-0.2, 0) is 14.3 Å². The summed E-state index contributed by atoms with van der Waals surface area (Å²) in [6.45, 7) is 10.8. The van der Waals surface area contributed by atoms with Crippen LogP contribution >= 0.6 is 0 Å². The van der Waals surface area contributed by atoms with Crippen LogP contribution in [0.1, 0.15) is 102 Å². The Kier molecular flexibility index (Phi) is 9.23. The molecule has 272 valence electrons. The number of methoxy groups -OCH3 is 1. The summed E-state index contributed by atoms with van der Waals surface area (Å²) in [5, 5.41) is 2.74. The number of ether oxygens (including phenoxy) is 2. The number of aromatic amines is 2. The highest BCUT2D eigenvalue weighted by Gasteiger charge is 2.55. The van der Waals surface area contributed by atoms with Crippen molar-refractivity contribution in [1.29, 1.82) is 0 Å². The Morgan fingerprint density at radius 3 is 2.40 bits per heavy atom. The van der Waals surface area contributed by atoms with E-state index < -0.39 is 17.7 Å². The zero-order valence-corrected chi connectivity index (χ0v) is 30.7. The highest BCUT2D eigenvalue weighted by molar-refractivity contribution is 5.87. The Hall–Kier alpha value is -5.31. The number of H-pyrrole nitrogens is 2. The first kappa shape index (κ1) is 35.1. The van der Waals surface area contributed by atoms with E-state index in [4.69, 9.17) is 14.5 Å². The molecule has 2 aromatic carbocycles. The van der Waals surface area contributed by atoms with Gasteiger partial charge in [-0.3, -0.25) is 9.69 Å². The maximum Gasteiger partial charge on any atom is 0.410 e. The number of amides is 3. The summed E-state index contributed by atoms with van der Waals surface area (Å²) in [6.07, 6.45) is 5.63. The van der Waals surface area contributed by atoms with Gasteiger partial charge in [-0.05, 0) is 100 Å². The van der Waals surface area contributed by atoms with E-state index in [-0.39, 0.29) is 35.4 Å². The number of benzene rings is 2. The number of fused-ring (bicyclic) bond motifs is 1. The number of likely N-dealkylation sites (tertiary alicyclic amines) is 2. The van der Waals surface area contributed by atoms with Gasteiger partial charge in [-0.1, -0.05) is 37.8 Å². The van der Waals surface area contributed by atoms with Crippen molar-refractivity contribution in [3.8, 4) is 23.1 Å². The average molecular weight is 706 g/mol. The minimum atomic E-state index is -0.685. The fourth-order valence-corrected chi connectivity index (χ4v) is 7.33. The molecule has 1 saturated carbocycles. The first-order chi connectivity index (χ1) is 24.8. The molecule has 2 aliphatic heterocycles. The molecule has 3 N–H and O–H groups in total. The molecule has 0 radical (unpaired) electrons. The predicted molar refractivity (Wildman–Crippen MR) is 196 cm³/mol. The monoisotopic (exact) mass is 705 g/mol. The van der Waals surface area contributed by atoms with Crippen LogP contribution in [0.25, 0.3) is 22.3 Å². The molecule has 3 atom stereocenters. The lowest BCUT2D eigenvalue weighted by molar-refractivity contribution is -0.135. The van der Waals surface area contributed by atoms with E-state index in [1.165, 1.54) is 7.11 Å². The van der Waals surface area contributed by atoms with Gasteiger partial charge in [-0.15, -0.1) is 0 Å². The van der Waals surface area contributed by atoms with Crippen LogP contribution < -0.4 is 5.32 Å². The van der Waals surface area contributed by atoms with Crippen LogP contribution in [0.15, 0.2) is 48.7 Å². The van der Waals surface area contributed by atoms with E-state index in [0.29, 0.717) is 13.1 Å². The van der Waals surface area contributed by atoms with Crippen molar-refractivity contribution in [2.75, 3.05) is 20.2 Å². The summed E-state index contributed by atoms with van der Waals surface area (Å²) in [7, 11) is 1.30. The molecule has 4 aromatic rings. The van der Waals surface area contributed by atoms with Crippen molar-refractivity contribution < 1.29 is 23.9 Å². The van der Waals surface area contributed by atoms with Crippen LogP contribution in [0.3, 0.4) is 0 Å². The molecule has 7 rings (SSSR count). The number of alkyl carbamates (subject to hydrolysis) is 1. The van der Waals surface area contributed by atoms with Gasteiger partial charge in [0, 0.05) is 24.2 Å². The van der Waals surface area contributed by atoms with Gasteiger partial charge in [-0.25, -0.2) is 19.6 Å². The molecule has 52 heavy (non-hydrogen) atoms. The lowest BCUT2D eigenvalue weighted by Crippen LogP contribution is -2.51. The number of hydrogen-bond acceptors (Lipinski definition) is 7. The average Bonchev–Trinajstić information content (AvgIpc) is 3.60. The molecule has 2 saturated heterocycles. The van der Waals surface area contributed by atoms with E-state index in [2.05, 4.69) is 32.1 Å². The molecule has 0 unspecified atom stereocenters. The first-order valence-corrected chi connectivity index (χ1v) is 18.1. The van der Waals surface area contributed by atoms with Gasteiger partial charge in [0.25, 0.3) is 0 Å². The Morgan fingerprint density at radius 2 is 1.71 bits per heavy atom. The van der Waals surface area contributed by atoms with E-state index in [0.717, 1.165) is 77.2 Å². The summed E-state index contributed by atoms with van der Waals surface area (Å²) in [6, 6.07) is 12.9. The molecule has 0 bridgehead atoms. The smallest absolute Gasteiger partial charge is 0.410 e. The number of carbonyl (C=O) groups excluding carboxylic acids is 3. The second-order valence-electron chi connectivity index (χ2n) is 15.7. The number of imidazole rings is 2. The Labute approximate surface area is 304 Å². The standard InChI is InChI=1S/C40H47N7O5/c1-24(2)33(45-37(49)51-6)36(48)47-23-40(17-18-40)21-32(47)35-42-28-16-13-26(20-29(28)43-35)10-9-25-11-14-27(15-12-25)30-22-41-34(44-30)31-8-7-19-46(31)38(50)52-39(3,4)5/h11-16,20,22,24,31-33H,7-8,17-19,21,23H2,1-6H3,(H,41,44)(H,42,43)(H,45,49)/t31-,32-,33-/m0/s1. The molecule has 1 aliphatic carbocycles. The van der Waals surface area contributed by atoms with E-state index in [1.54, 1.807) is 4.90 Å². The molecule has 12 heteroatoms. The number of nitrogens with one attached hydrogen (secondary N) is 3. The van der Waals surface area contributed by atoms with Crippen LogP contribution in [0.5, 0.6) is 0 Å². The van der Waals surface area contributed by atoms with Gasteiger partial charge in [0.2, 0.25) is 5.91 Å².